The van der Waals surface area contributed by atoms with Crippen molar-refractivity contribution in [2.45, 2.75) is 5.75 Å². The fourth-order valence-corrected chi connectivity index (χ4v) is 1.65. The Balaban J connectivity index is 3.22. The van der Waals surface area contributed by atoms with Crippen molar-refractivity contribution in [3.05, 3.63) is 41.4 Å². The van der Waals surface area contributed by atoms with Crippen LogP contribution >= 0.6 is 0 Å². The molecule has 0 spiro atoms. The molecular formula is C8H6F3O2S. The van der Waals surface area contributed by atoms with Crippen LogP contribution in [-0.4, -0.2) is 8.42 Å². The summed E-state index contributed by atoms with van der Waals surface area (Å²) in [5.74, 6) is -4.43. The van der Waals surface area contributed by atoms with Gasteiger partial charge in [0.2, 0.25) is 0 Å². The average molecular weight is 223 g/mol. The summed E-state index contributed by atoms with van der Waals surface area (Å²) in [5.41, 5.74) is -0.693. The highest BCUT2D eigenvalue weighted by molar-refractivity contribution is 7.91. The van der Waals surface area contributed by atoms with Crippen LogP contribution in [0.2, 0.25) is 0 Å². The highest BCUT2D eigenvalue weighted by Crippen LogP contribution is 2.17. The van der Waals surface area contributed by atoms with Gasteiger partial charge in [-0.25, -0.2) is 21.6 Å². The summed E-state index contributed by atoms with van der Waals surface area (Å²) in [6, 6.07) is 0.840. The summed E-state index contributed by atoms with van der Waals surface area (Å²) in [5, 5.41) is 0. The molecule has 6 heteroatoms. The molecule has 0 atom stereocenters. The van der Waals surface area contributed by atoms with Gasteiger partial charge in [0.1, 0.15) is 17.5 Å². The van der Waals surface area contributed by atoms with Crippen LogP contribution in [-0.2, 0) is 15.6 Å². The molecule has 0 amide bonds. The van der Waals surface area contributed by atoms with E-state index >= 15 is 0 Å². The zero-order valence-corrected chi connectivity index (χ0v) is 7.74. The van der Waals surface area contributed by atoms with Crippen molar-refractivity contribution >= 4 is 9.84 Å². The molecule has 1 rings (SSSR count). The first-order valence-corrected chi connectivity index (χ1v) is 5.31. The molecule has 0 saturated carbocycles. The molecule has 1 aromatic carbocycles. The zero-order valence-electron chi connectivity index (χ0n) is 6.93. The van der Waals surface area contributed by atoms with Crippen LogP contribution in [0.25, 0.3) is 0 Å². The lowest BCUT2D eigenvalue weighted by molar-refractivity contribution is 0.527. The molecule has 0 aliphatic carbocycles. The number of rotatable bonds is 2. The second-order valence-corrected chi connectivity index (χ2v) is 4.51. The summed E-state index contributed by atoms with van der Waals surface area (Å²) in [4.78, 5) is 0. The second kappa shape index (κ2) is 3.61. The van der Waals surface area contributed by atoms with Crippen molar-refractivity contribution in [2.24, 2.45) is 0 Å². The minimum absolute atomic E-state index is 0.420. The molecule has 0 N–H and O–H groups in total. The predicted octanol–water partition coefficient (Wildman–Crippen LogP) is 1.81. The van der Waals surface area contributed by atoms with Gasteiger partial charge in [0.15, 0.2) is 9.84 Å². The standard InChI is InChI=1S/C8H6F3O2S/c1-14(12,13)4-6-7(10)2-5(9)3-8(6)11/h2-3H,1,4H2. The van der Waals surface area contributed by atoms with Crippen molar-refractivity contribution < 1.29 is 21.6 Å². The molecule has 0 aliphatic heterocycles. The zero-order chi connectivity index (χ0) is 10.9. The van der Waals surface area contributed by atoms with Gasteiger partial charge in [-0.3, -0.25) is 0 Å². The third kappa shape index (κ3) is 2.73. The lowest BCUT2D eigenvalue weighted by Gasteiger charge is -2.03. The Morgan fingerprint density at radius 2 is 1.57 bits per heavy atom. The molecule has 0 bridgehead atoms. The number of sulfone groups is 1. The van der Waals surface area contributed by atoms with E-state index in [-0.39, 0.29) is 0 Å². The van der Waals surface area contributed by atoms with E-state index in [2.05, 4.69) is 6.26 Å². The van der Waals surface area contributed by atoms with E-state index in [0.717, 1.165) is 0 Å². The molecule has 0 fully saturated rings. The van der Waals surface area contributed by atoms with E-state index in [9.17, 15) is 21.6 Å². The minimum Gasteiger partial charge on any atom is -0.228 e. The van der Waals surface area contributed by atoms with Gasteiger partial charge in [0, 0.05) is 17.7 Å². The van der Waals surface area contributed by atoms with E-state index in [1.165, 1.54) is 0 Å². The van der Waals surface area contributed by atoms with Gasteiger partial charge in [-0.05, 0) is 0 Å². The van der Waals surface area contributed by atoms with Crippen molar-refractivity contribution in [1.82, 2.24) is 0 Å². The molecule has 0 saturated heterocycles. The summed E-state index contributed by atoms with van der Waals surface area (Å²) in [6.45, 7) is 0. The summed E-state index contributed by atoms with van der Waals surface area (Å²) >= 11 is 0. The summed E-state index contributed by atoms with van der Waals surface area (Å²) in [6.07, 6.45) is 2.72. The van der Waals surface area contributed by atoms with Crippen LogP contribution < -0.4 is 0 Å². The SMILES string of the molecule is [CH2]S(=O)(=O)Cc1c(F)cc(F)cc1F. The molecule has 77 valence electrons. The van der Waals surface area contributed by atoms with Gasteiger partial charge in [0.25, 0.3) is 0 Å². The van der Waals surface area contributed by atoms with Crippen molar-refractivity contribution in [3.63, 3.8) is 0 Å². The van der Waals surface area contributed by atoms with E-state index in [4.69, 9.17) is 0 Å². The second-order valence-electron chi connectivity index (χ2n) is 2.74. The average Bonchev–Trinajstić information content (AvgIpc) is 1.95. The number of halogens is 3. The lowest BCUT2D eigenvalue weighted by Crippen LogP contribution is -2.04. The minimum atomic E-state index is -3.79. The summed E-state index contributed by atoms with van der Waals surface area (Å²) in [7, 11) is -3.79. The fraction of sp³-hybridized carbons (Fsp3) is 0.125. The molecular weight excluding hydrogens is 217 g/mol. The van der Waals surface area contributed by atoms with Gasteiger partial charge in [-0.1, -0.05) is 0 Å². The predicted molar refractivity (Wildman–Crippen MR) is 44.3 cm³/mol. The van der Waals surface area contributed by atoms with Crippen LogP contribution in [0, 0.1) is 23.7 Å². The van der Waals surface area contributed by atoms with Gasteiger partial charge in [-0.15, -0.1) is 0 Å². The topological polar surface area (TPSA) is 34.1 Å². The Kier molecular flexibility index (Phi) is 2.84. The van der Waals surface area contributed by atoms with E-state index in [1.54, 1.807) is 0 Å². The molecule has 0 aromatic heterocycles. The third-order valence-electron chi connectivity index (χ3n) is 1.47. The maximum atomic E-state index is 12.9. The number of hydrogen-bond acceptors (Lipinski definition) is 2. The van der Waals surface area contributed by atoms with E-state index in [1.807, 2.05) is 0 Å². The molecule has 1 radical (unpaired) electrons. The molecule has 0 unspecified atom stereocenters. The Hall–Kier alpha value is -1.04. The van der Waals surface area contributed by atoms with Gasteiger partial charge in [-0.2, -0.15) is 0 Å². The molecule has 0 aliphatic rings. The molecule has 14 heavy (non-hydrogen) atoms. The summed E-state index contributed by atoms with van der Waals surface area (Å²) < 4.78 is 59.4. The molecule has 0 heterocycles. The van der Waals surface area contributed by atoms with Crippen LogP contribution in [0.5, 0.6) is 0 Å². The van der Waals surface area contributed by atoms with Crippen LogP contribution in [0.3, 0.4) is 0 Å². The maximum absolute atomic E-state index is 12.9. The van der Waals surface area contributed by atoms with Crippen molar-refractivity contribution in [1.29, 1.82) is 0 Å². The largest absolute Gasteiger partial charge is 0.228 e. The first-order chi connectivity index (χ1) is 6.29. The van der Waals surface area contributed by atoms with Gasteiger partial charge >= 0.3 is 0 Å². The molecule has 1 aromatic rings. The Labute approximate surface area is 79.3 Å². The monoisotopic (exact) mass is 223 g/mol. The van der Waals surface area contributed by atoms with Crippen LogP contribution in [0.15, 0.2) is 12.1 Å². The normalized spacial score (nSPS) is 11.7. The third-order valence-corrected chi connectivity index (χ3v) is 2.20. The Morgan fingerprint density at radius 3 is 1.93 bits per heavy atom. The lowest BCUT2D eigenvalue weighted by atomic mass is 10.2. The first kappa shape index (κ1) is 11.0. The smallest absolute Gasteiger partial charge is 0.155 e. The van der Waals surface area contributed by atoms with Crippen molar-refractivity contribution in [3.8, 4) is 0 Å². The quantitative estimate of drug-likeness (QED) is 0.766. The van der Waals surface area contributed by atoms with E-state index in [0.29, 0.717) is 12.1 Å². The van der Waals surface area contributed by atoms with Crippen LogP contribution in [0.4, 0.5) is 13.2 Å². The highest BCUT2D eigenvalue weighted by atomic mass is 32.2. The van der Waals surface area contributed by atoms with Gasteiger partial charge < -0.3 is 0 Å². The first-order valence-electron chi connectivity index (χ1n) is 3.49. The van der Waals surface area contributed by atoms with Gasteiger partial charge in [0.05, 0.1) is 12.0 Å². The Bertz CT molecular complexity index is 431. The highest BCUT2D eigenvalue weighted by Gasteiger charge is 2.16. The van der Waals surface area contributed by atoms with Crippen molar-refractivity contribution in [2.75, 3.05) is 0 Å². The number of benzene rings is 1. The molecule has 2 nitrogen and oxygen atoms in total. The number of hydrogen-bond donors (Lipinski definition) is 0. The van der Waals surface area contributed by atoms with E-state index < -0.39 is 38.6 Å². The fourth-order valence-electron chi connectivity index (χ4n) is 0.930. The Morgan fingerprint density at radius 1 is 1.14 bits per heavy atom. The van der Waals surface area contributed by atoms with Crippen LogP contribution in [0.1, 0.15) is 5.56 Å². The maximum Gasteiger partial charge on any atom is 0.155 e.